The summed E-state index contributed by atoms with van der Waals surface area (Å²) in [7, 11) is 0. The van der Waals surface area contributed by atoms with Gasteiger partial charge in [-0.25, -0.2) is 9.97 Å². The second-order valence-electron chi connectivity index (χ2n) is 7.88. The molecule has 1 aliphatic carbocycles. The first kappa shape index (κ1) is 16.9. The SMILES string of the molecule is O[C@H]1C[C@@H]2CN(Cc3c(-c4ccccc4)nc4ncccn34)C[C@@H]2C[C@@H]1O. The van der Waals surface area contributed by atoms with Crippen molar-refractivity contribution < 1.29 is 10.2 Å². The maximum Gasteiger partial charge on any atom is 0.234 e. The maximum absolute atomic E-state index is 10.0. The number of nitrogens with zero attached hydrogens (tertiary/aromatic N) is 4. The molecule has 1 aliphatic heterocycles. The third-order valence-corrected chi connectivity index (χ3v) is 6.11. The van der Waals surface area contributed by atoms with Crippen molar-refractivity contribution in [2.45, 2.75) is 31.6 Å². The van der Waals surface area contributed by atoms with Crippen molar-refractivity contribution >= 4 is 5.78 Å². The molecule has 1 aromatic carbocycles. The first-order valence-electron chi connectivity index (χ1n) is 9.65. The lowest BCUT2D eigenvalue weighted by molar-refractivity contribution is -0.0372. The summed E-state index contributed by atoms with van der Waals surface area (Å²) in [5.41, 5.74) is 3.22. The maximum atomic E-state index is 10.0. The van der Waals surface area contributed by atoms with Crippen LogP contribution in [0.3, 0.4) is 0 Å². The Morgan fingerprint density at radius 3 is 2.37 bits per heavy atom. The zero-order valence-electron chi connectivity index (χ0n) is 15.1. The Balaban J connectivity index is 1.47. The summed E-state index contributed by atoms with van der Waals surface area (Å²) in [6.45, 7) is 2.70. The van der Waals surface area contributed by atoms with E-state index in [-0.39, 0.29) is 0 Å². The minimum absolute atomic E-state index is 0.459. The van der Waals surface area contributed by atoms with Gasteiger partial charge in [-0.3, -0.25) is 9.30 Å². The zero-order valence-corrected chi connectivity index (χ0v) is 15.1. The molecule has 1 saturated carbocycles. The van der Waals surface area contributed by atoms with E-state index in [0.29, 0.717) is 30.5 Å². The average molecular weight is 364 g/mol. The summed E-state index contributed by atoms with van der Waals surface area (Å²) in [4.78, 5) is 11.6. The van der Waals surface area contributed by atoms with Crippen LogP contribution < -0.4 is 0 Å². The van der Waals surface area contributed by atoms with Gasteiger partial charge in [0.2, 0.25) is 5.78 Å². The number of aromatic nitrogens is 3. The topological polar surface area (TPSA) is 73.9 Å². The van der Waals surface area contributed by atoms with Crippen LogP contribution in [0.2, 0.25) is 0 Å². The molecule has 27 heavy (non-hydrogen) atoms. The van der Waals surface area contributed by atoms with E-state index in [4.69, 9.17) is 4.98 Å². The van der Waals surface area contributed by atoms with E-state index in [0.717, 1.165) is 36.6 Å². The molecule has 2 fully saturated rings. The molecule has 1 saturated heterocycles. The molecule has 5 rings (SSSR count). The van der Waals surface area contributed by atoms with Crippen LogP contribution in [-0.2, 0) is 6.54 Å². The standard InChI is InChI=1S/C21H24N4O2/c26-18-9-15-11-24(12-16(15)10-19(18)27)13-17-20(14-5-2-1-3-6-14)23-21-22-7-4-8-25(17)21/h1-8,15-16,18-19,26-27H,9-13H2/t15-,16+,18-,19-/m0/s1. The largest absolute Gasteiger partial charge is 0.390 e. The van der Waals surface area contributed by atoms with Crippen molar-refractivity contribution in [3.05, 3.63) is 54.5 Å². The highest BCUT2D eigenvalue weighted by Crippen LogP contribution is 2.37. The number of fused-ring (bicyclic) bond motifs is 2. The highest BCUT2D eigenvalue weighted by Gasteiger charge is 2.41. The van der Waals surface area contributed by atoms with Crippen molar-refractivity contribution in [1.29, 1.82) is 0 Å². The summed E-state index contributed by atoms with van der Waals surface area (Å²) >= 11 is 0. The van der Waals surface area contributed by atoms with Crippen molar-refractivity contribution in [3.63, 3.8) is 0 Å². The monoisotopic (exact) mass is 364 g/mol. The van der Waals surface area contributed by atoms with E-state index in [1.54, 1.807) is 6.20 Å². The minimum atomic E-state index is -0.578. The summed E-state index contributed by atoms with van der Waals surface area (Å²) in [6, 6.07) is 12.2. The number of hydrogen-bond donors (Lipinski definition) is 2. The van der Waals surface area contributed by atoms with Gasteiger partial charge >= 0.3 is 0 Å². The van der Waals surface area contributed by atoms with Gasteiger partial charge in [0.1, 0.15) is 0 Å². The number of aliphatic hydroxyl groups is 2. The Kier molecular flexibility index (Phi) is 4.19. The van der Waals surface area contributed by atoms with E-state index < -0.39 is 12.2 Å². The van der Waals surface area contributed by atoms with E-state index >= 15 is 0 Å². The van der Waals surface area contributed by atoms with Gasteiger partial charge in [-0.15, -0.1) is 0 Å². The van der Waals surface area contributed by atoms with Crippen molar-refractivity contribution in [3.8, 4) is 11.3 Å². The first-order valence-corrected chi connectivity index (χ1v) is 9.65. The first-order chi connectivity index (χ1) is 13.2. The molecule has 0 unspecified atom stereocenters. The van der Waals surface area contributed by atoms with Gasteiger partial charge in [-0.05, 0) is 30.7 Å². The second-order valence-corrected chi connectivity index (χ2v) is 7.88. The number of rotatable bonds is 3. The Bertz CT molecular complexity index is 924. The Morgan fingerprint density at radius 1 is 0.963 bits per heavy atom. The molecule has 0 bridgehead atoms. The molecule has 4 atom stereocenters. The van der Waals surface area contributed by atoms with Gasteiger partial charge in [0, 0.05) is 37.6 Å². The summed E-state index contributed by atoms with van der Waals surface area (Å²) in [5.74, 6) is 1.63. The normalized spacial score (nSPS) is 28.5. The van der Waals surface area contributed by atoms with Gasteiger partial charge in [0.25, 0.3) is 0 Å². The number of hydrogen-bond acceptors (Lipinski definition) is 5. The third kappa shape index (κ3) is 3.04. The average Bonchev–Trinajstić information content (AvgIpc) is 3.24. The fourth-order valence-electron chi connectivity index (χ4n) is 4.76. The molecule has 6 nitrogen and oxygen atoms in total. The van der Waals surface area contributed by atoms with E-state index in [9.17, 15) is 10.2 Å². The van der Waals surface area contributed by atoms with E-state index in [1.807, 2.05) is 30.5 Å². The number of likely N-dealkylation sites (tertiary alicyclic amines) is 1. The fourth-order valence-corrected chi connectivity index (χ4v) is 4.76. The van der Waals surface area contributed by atoms with Gasteiger partial charge in [0.15, 0.2) is 0 Å². The molecule has 2 aromatic heterocycles. The summed E-state index contributed by atoms with van der Waals surface area (Å²) in [6.07, 6.45) is 4.03. The van der Waals surface area contributed by atoms with E-state index in [1.165, 1.54) is 0 Å². The summed E-state index contributed by atoms with van der Waals surface area (Å²) < 4.78 is 2.08. The molecule has 0 amide bonds. The molecule has 2 N–H and O–H groups in total. The second kappa shape index (κ2) is 6.71. The van der Waals surface area contributed by atoms with Gasteiger partial charge < -0.3 is 10.2 Å². The van der Waals surface area contributed by atoms with Gasteiger partial charge in [-0.2, -0.15) is 0 Å². The smallest absolute Gasteiger partial charge is 0.234 e. The van der Waals surface area contributed by atoms with Gasteiger partial charge in [-0.1, -0.05) is 30.3 Å². The molecule has 0 radical (unpaired) electrons. The number of benzene rings is 1. The van der Waals surface area contributed by atoms with Crippen LogP contribution in [0.4, 0.5) is 0 Å². The van der Waals surface area contributed by atoms with Crippen LogP contribution in [0.15, 0.2) is 48.8 Å². The molecule has 3 aromatic rings. The zero-order chi connectivity index (χ0) is 18.4. The molecule has 140 valence electrons. The van der Waals surface area contributed by atoms with Crippen LogP contribution in [0.5, 0.6) is 0 Å². The highest BCUT2D eigenvalue weighted by atomic mass is 16.3. The van der Waals surface area contributed by atoms with Gasteiger partial charge in [0.05, 0.1) is 23.6 Å². The molecular formula is C21H24N4O2. The van der Waals surface area contributed by atoms with Crippen molar-refractivity contribution in [1.82, 2.24) is 19.3 Å². The lowest BCUT2D eigenvalue weighted by Gasteiger charge is -2.32. The van der Waals surface area contributed by atoms with Crippen LogP contribution in [0.1, 0.15) is 18.5 Å². The Morgan fingerprint density at radius 2 is 1.67 bits per heavy atom. The molecule has 0 spiro atoms. The quantitative estimate of drug-likeness (QED) is 0.743. The molecule has 2 aliphatic rings. The molecular weight excluding hydrogens is 340 g/mol. The highest BCUT2D eigenvalue weighted by molar-refractivity contribution is 5.65. The van der Waals surface area contributed by atoms with Crippen LogP contribution >= 0.6 is 0 Å². The minimum Gasteiger partial charge on any atom is -0.390 e. The Hall–Kier alpha value is -2.28. The molecule has 3 heterocycles. The van der Waals surface area contributed by atoms with E-state index in [2.05, 4.69) is 26.4 Å². The van der Waals surface area contributed by atoms with Crippen LogP contribution in [-0.4, -0.2) is 54.8 Å². The van der Waals surface area contributed by atoms with Crippen LogP contribution in [0, 0.1) is 11.8 Å². The Labute approximate surface area is 158 Å². The third-order valence-electron chi connectivity index (χ3n) is 6.11. The number of aliphatic hydroxyl groups excluding tert-OH is 2. The predicted molar refractivity (Wildman–Crippen MR) is 102 cm³/mol. The predicted octanol–water partition coefficient (Wildman–Crippen LogP) is 1.96. The fraction of sp³-hybridized carbons (Fsp3) is 0.429. The summed E-state index contributed by atoms with van der Waals surface area (Å²) in [5, 5.41) is 20.0. The van der Waals surface area contributed by atoms with Crippen molar-refractivity contribution in [2.75, 3.05) is 13.1 Å². The lowest BCUT2D eigenvalue weighted by Crippen LogP contribution is -2.38. The lowest BCUT2D eigenvalue weighted by atomic mass is 9.79. The number of imidazole rings is 1. The van der Waals surface area contributed by atoms with Crippen molar-refractivity contribution in [2.24, 2.45) is 11.8 Å². The van der Waals surface area contributed by atoms with Crippen LogP contribution in [0.25, 0.3) is 17.0 Å². The molecule has 6 heteroatoms.